The smallest absolute Gasteiger partial charge is 0.406 e. The van der Waals surface area contributed by atoms with Gasteiger partial charge in [0.2, 0.25) is 11.8 Å². The molecule has 11 heteroatoms. The van der Waals surface area contributed by atoms with E-state index < -0.39 is 6.36 Å². The molecule has 2 heterocycles. The molecular weight excluding hydrogens is 463 g/mol. The van der Waals surface area contributed by atoms with E-state index in [2.05, 4.69) is 10.1 Å². The maximum Gasteiger partial charge on any atom is 0.573 e. The lowest BCUT2D eigenvalue weighted by Gasteiger charge is -2.34. The highest BCUT2D eigenvalue weighted by Gasteiger charge is 2.31. The fourth-order valence-electron chi connectivity index (χ4n) is 3.67. The molecule has 1 N–H and O–H groups in total. The second kappa shape index (κ2) is 12.0. The quantitative estimate of drug-likeness (QED) is 0.409. The molecule has 2 fully saturated rings. The molecule has 178 valence electrons. The Balaban J connectivity index is 1.31. The van der Waals surface area contributed by atoms with Crippen molar-refractivity contribution in [3.8, 4) is 5.75 Å². The number of nitrogens with one attached hydrogen (secondary N) is 1. The van der Waals surface area contributed by atoms with Gasteiger partial charge in [-0.05, 0) is 43.5 Å². The lowest BCUT2D eigenvalue weighted by atomic mass is 10.1. The molecule has 0 saturated carbocycles. The van der Waals surface area contributed by atoms with Crippen molar-refractivity contribution in [3.05, 3.63) is 24.3 Å². The second-order valence-corrected chi connectivity index (χ2v) is 10.6. The number of rotatable bonds is 9. The summed E-state index contributed by atoms with van der Waals surface area (Å²) in [7, 11) is 3.92. The van der Waals surface area contributed by atoms with Crippen molar-refractivity contribution in [1.29, 1.82) is 0 Å². The zero-order valence-corrected chi connectivity index (χ0v) is 19.4. The van der Waals surface area contributed by atoms with Crippen molar-refractivity contribution >= 4 is 39.1 Å². The van der Waals surface area contributed by atoms with Crippen molar-refractivity contribution in [2.24, 2.45) is 0 Å². The summed E-state index contributed by atoms with van der Waals surface area (Å²) in [6.07, 6.45) is 0.313. The number of piperazine rings is 1. The number of unbranched alkanes of at least 4 members (excludes halogenated alkanes) is 1. The molecule has 2 saturated heterocycles. The standard InChI is InChI=1S/C21H28F3N3O3S2/c22-21(23,24)30-17-7-5-16(6-8-17)25-19(28)15-26-10-12-27(13-11-26)20(29)4-2-1-3-18-9-14-31-32-18/h5-8,18H,1-4,9-15H2,(H,25,28)/t18-/m0/s1. The first kappa shape index (κ1) is 25.0. The Kier molecular flexibility index (Phi) is 9.42. The Morgan fingerprint density at radius 1 is 1.09 bits per heavy atom. The fraction of sp³-hybridized carbons (Fsp3) is 0.619. The first-order chi connectivity index (χ1) is 15.3. The third-order valence-electron chi connectivity index (χ3n) is 5.36. The normalized spacial score (nSPS) is 19.7. The van der Waals surface area contributed by atoms with E-state index in [4.69, 9.17) is 0 Å². The van der Waals surface area contributed by atoms with Crippen LogP contribution in [0.5, 0.6) is 5.75 Å². The van der Waals surface area contributed by atoms with Crippen molar-refractivity contribution in [2.45, 2.75) is 43.7 Å². The van der Waals surface area contributed by atoms with Crippen LogP contribution in [-0.2, 0) is 9.59 Å². The minimum absolute atomic E-state index is 0.167. The van der Waals surface area contributed by atoms with E-state index in [-0.39, 0.29) is 24.1 Å². The van der Waals surface area contributed by atoms with E-state index in [1.54, 1.807) is 0 Å². The van der Waals surface area contributed by atoms with Crippen LogP contribution >= 0.6 is 21.6 Å². The van der Waals surface area contributed by atoms with Crippen LogP contribution < -0.4 is 10.1 Å². The Bertz CT molecular complexity index is 751. The summed E-state index contributed by atoms with van der Waals surface area (Å²) in [5.41, 5.74) is 0.396. The zero-order valence-electron chi connectivity index (χ0n) is 17.7. The molecule has 0 radical (unpaired) electrons. The predicted molar refractivity (Wildman–Crippen MR) is 122 cm³/mol. The maximum absolute atomic E-state index is 12.4. The monoisotopic (exact) mass is 491 g/mol. The zero-order chi connectivity index (χ0) is 23.0. The molecule has 3 rings (SSSR count). The molecule has 0 spiro atoms. The molecule has 1 atom stereocenters. The van der Waals surface area contributed by atoms with Crippen LogP contribution in [0.15, 0.2) is 24.3 Å². The predicted octanol–water partition coefficient (Wildman–Crippen LogP) is 4.38. The first-order valence-electron chi connectivity index (χ1n) is 10.7. The van der Waals surface area contributed by atoms with Gasteiger partial charge in [-0.25, -0.2) is 0 Å². The van der Waals surface area contributed by atoms with Crippen LogP contribution in [0.4, 0.5) is 18.9 Å². The van der Waals surface area contributed by atoms with Gasteiger partial charge in [0.1, 0.15) is 5.75 Å². The topological polar surface area (TPSA) is 61.9 Å². The minimum Gasteiger partial charge on any atom is -0.406 e. The lowest BCUT2D eigenvalue weighted by molar-refractivity contribution is -0.274. The van der Waals surface area contributed by atoms with E-state index in [0.29, 0.717) is 38.3 Å². The Hall–Kier alpha value is -1.59. The second-order valence-electron chi connectivity index (χ2n) is 7.85. The average molecular weight is 492 g/mol. The molecule has 0 bridgehead atoms. The van der Waals surface area contributed by atoms with Crippen molar-refractivity contribution in [1.82, 2.24) is 9.80 Å². The van der Waals surface area contributed by atoms with E-state index in [9.17, 15) is 22.8 Å². The molecule has 6 nitrogen and oxygen atoms in total. The van der Waals surface area contributed by atoms with Crippen LogP contribution in [0, 0.1) is 0 Å². The van der Waals surface area contributed by atoms with Gasteiger partial charge in [0.25, 0.3) is 0 Å². The van der Waals surface area contributed by atoms with Crippen LogP contribution in [0.1, 0.15) is 32.1 Å². The molecule has 0 unspecified atom stereocenters. The molecule has 0 aliphatic carbocycles. The Morgan fingerprint density at radius 2 is 1.81 bits per heavy atom. The van der Waals surface area contributed by atoms with Gasteiger partial charge >= 0.3 is 6.36 Å². The number of carbonyl (C=O) groups is 2. The summed E-state index contributed by atoms with van der Waals surface area (Å²) in [5.74, 6) is 0.827. The molecule has 1 aromatic rings. The van der Waals surface area contributed by atoms with Crippen molar-refractivity contribution in [2.75, 3.05) is 43.8 Å². The average Bonchev–Trinajstić information content (AvgIpc) is 3.25. The number of carbonyl (C=O) groups excluding carboxylic acids is 2. The van der Waals surface area contributed by atoms with Gasteiger partial charge in [-0.15, -0.1) is 13.2 Å². The third-order valence-corrected chi connectivity index (χ3v) is 8.36. The largest absolute Gasteiger partial charge is 0.573 e. The number of hydrogen-bond donors (Lipinski definition) is 1. The van der Waals surface area contributed by atoms with Gasteiger partial charge < -0.3 is 15.0 Å². The molecule has 2 amide bonds. The summed E-state index contributed by atoms with van der Waals surface area (Å²) in [6.45, 7) is 2.61. The Morgan fingerprint density at radius 3 is 2.44 bits per heavy atom. The first-order valence-corrected chi connectivity index (χ1v) is 13.1. The van der Waals surface area contributed by atoms with Gasteiger partial charge in [0.15, 0.2) is 0 Å². The SMILES string of the molecule is O=C(CN1CCN(C(=O)CCCC[C@H]2CCSS2)CC1)Nc1ccc(OC(F)(F)F)cc1. The van der Waals surface area contributed by atoms with E-state index >= 15 is 0 Å². The summed E-state index contributed by atoms with van der Waals surface area (Å²) in [5, 5.41) is 3.42. The summed E-state index contributed by atoms with van der Waals surface area (Å²) in [6, 6.07) is 5.03. The van der Waals surface area contributed by atoms with Gasteiger partial charge in [0.05, 0.1) is 6.54 Å². The van der Waals surface area contributed by atoms with Crippen LogP contribution in [0.3, 0.4) is 0 Å². The van der Waals surface area contributed by atoms with Gasteiger partial charge in [0, 0.05) is 49.3 Å². The maximum atomic E-state index is 12.4. The number of amides is 2. The molecule has 1 aromatic carbocycles. The van der Waals surface area contributed by atoms with E-state index in [1.165, 1.54) is 30.7 Å². The highest BCUT2D eigenvalue weighted by molar-refractivity contribution is 8.77. The number of nitrogens with zero attached hydrogens (tertiary/aromatic N) is 2. The fourth-order valence-corrected chi connectivity index (χ4v) is 6.70. The van der Waals surface area contributed by atoms with Crippen molar-refractivity contribution < 1.29 is 27.5 Å². The van der Waals surface area contributed by atoms with Crippen LogP contribution in [0.2, 0.25) is 0 Å². The summed E-state index contributed by atoms with van der Waals surface area (Å²) < 4.78 is 40.4. The number of hydrogen-bond acceptors (Lipinski definition) is 6. The number of benzene rings is 1. The highest BCUT2D eigenvalue weighted by atomic mass is 33.1. The summed E-state index contributed by atoms with van der Waals surface area (Å²) >= 11 is 0. The Labute approximate surface area is 194 Å². The number of anilines is 1. The third kappa shape index (κ3) is 8.74. The van der Waals surface area contributed by atoms with Crippen LogP contribution in [0.25, 0.3) is 0 Å². The van der Waals surface area contributed by atoms with E-state index in [1.807, 2.05) is 31.4 Å². The highest BCUT2D eigenvalue weighted by Crippen LogP contribution is 2.39. The number of ether oxygens (including phenoxy) is 1. The van der Waals surface area contributed by atoms with Crippen molar-refractivity contribution in [3.63, 3.8) is 0 Å². The molecule has 2 aliphatic heterocycles. The molecule has 2 aliphatic rings. The number of alkyl halides is 3. The van der Waals surface area contributed by atoms with Gasteiger partial charge in [-0.2, -0.15) is 0 Å². The molecule has 0 aromatic heterocycles. The van der Waals surface area contributed by atoms with Gasteiger partial charge in [-0.1, -0.05) is 28.0 Å². The summed E-state index contributed by atoms with van der Waals surface area (Å²) in [4.78, 5) is 28.5. The van der Waals surface area contributed by atoms with E-state index in [0.717, 1.165) is 30.2 Å². The lowest BCUT2D eigenvalue weighted by Crippen LogP contribution is -2.50. The number of halogens is 3. The van der Waals surface area contributed by atoms with Crippen LogP contribution in [-0.4, -0.2) is 71.7 Å². The minimum atomic E-state index is -4.75. The molecule has 32 heavy (non-hydrogen) atoms. The van der Waals surface area contributed by atoms with Gasteiger partial charge in [-0.3, -0.25) is 14.5 Å². The molecular formula is C21H28F3N3O3S2.